The zero-order valence-corrected chi connectivity index (χ0v) is 37.6. The van der Waals surface area contributed by atoms with Crippen LogP contribution in [0.3, 0.4) is 0 Å². The third kappa shape index (κ3) is 47.1. The van der Waals surface area contributed by atoms with E-state index in [1.807, 2.05) is 0 Å². The SMILES string of the molecule is CCCCCCCC/C=C\CCCCCCCC(=O)CCCCCCCCCCCCCCC(=O)NCC(O)CCCCCCCCCCCCCCCC. The van der Waals surface area contributed by atoms with Gasteiger partial charge in [0.15, 0.2) is 0 Å². The molecule has 0 saturated heterocycles. The molecule has 0 rings (SSSR count). The molecule has 0 aromatic heterocycles. The fourth-order valence-electron chi connectivity index (χ4n) is 7.89. The number of aliphatic hydroxyl groups excluding tert-OH is 1. The Balaban J connectivity index is 3.31. The lowest BCUT2D eigenvalue weighted by atomic mass is 10.0. The van der Waals surface area contributed by atoms with E-state index in [1.54, 1.807) is 0 Å². The van der Waals surface area contributed by atoms with E-state index < -0.39 is 6.10 Å². The number of rotatable bonds is 47. The van der Waals surface area contributed by atoms with Crippen LogP contribution >= 0.6 is 0 Å². The summed E-state index contributed by atoms with van der Waals surface area (Å²) in [6, 6.07) is 0. The molecule has 0 aliphatic carbocycles. The zero-order valence-electron chi connectivity index (χ0n) is 37.6. The molecule has 0 saturated carbocycles. The van der Waals surface area contributed by atoms with Gasteiger partial charge in [-0.1, -0.05) is 231 Å². The molecule has 0 heterocycles. The number of Topliss-reactive ketones (excluding diaryl/α,β-unsaturated/α-hetero) is 1. The number of carbonyl (C=O) groups is 2. The minimum atomic E-state index is -0.400. The topological polar surface area (TPSA) is 66.4 Å². The molecule has 0 spiro atoms. The van der Waals surface area contributed by atoms with E-state index in [4.69, 9.17) is 0 Å². The van der Waals surface area contributed by atoms with Crippen molar-refractivity contribution in [2.45, 2.75) is 296 Å². The molecule has 0 radical (unpaired) electrons. The molecule has 0 aromatic carbocycles. The van der Waals surface area contributed by atoms with E-state index in [9.17, 15) is 14.7 Å². The Kier molecular flexibility index (Phi) is 46.2. The van der Waals surface area contributed by atoms with Gasteiger partial charge in [0.05, 0.1) is 6.10 Å². The van der Waals surface area contributed by atoms with E-state index >= 15 is 0 Å². The van der Waals surface area contributed by atoms with Crippen molar-refractivity contribution in [2.75, 3.05) is 6.54 Å². The molecule has 0 aliphatic rings. The smallest absolute Gasteiger partial charge is 0.220 e. The third-order valence-electron chi connectivity index (χ3n) is 11.8. The quantitative estimate of drug-likeness (QED) is 0.0478. The van der Waals surface area contributed by atoms with E-state index in [2.05, 4.69) is 31.3 Å². The molecule has 0 bridgehead atoms. The van der Waals surface area contributed by atoms with Gasteiger partial charge in [-0.3, -0.25) is 9.59 Å². The summed E-state index contributed by atoms with van der Waals surface area (Å²) in [7, 11) is 0. The molecule has 326 valence electrons. The van der Waals surface area contributed by atoms with Crippen molar-refractivity contribution in [1.29, 1.82) is 0 Å². The summed E-state index contributed by atoms with van der Waals surface area (Å²) in [5.41, 5.74) is 0. The Bertz CT molecular complexity index is 795. The van der Waals surface area contributed by atoms with Gasteiger partial charge in [-0.15, -0.1) is 0 Å². The maximum Gasteiger partial charge on any atom is 0.220 e. The first-order valence-corrected chi connectivity index (χ1v) is 25.2. The van der Waals surface area contributed by atoms with Crippen molar-refractivity contribution < 1.29 is 14.7 Å². The van der Waals surface area contributed by atoms with Crippen LogP contribution in [0, 0.1) is 0 Å². The van der Waals surface area contributed by atoms with Crippen molar-refractivity contribution >= 4 is 11.7 Å². The molecular weight excluding hydrogens is 675 g/mol. The molecule has 1 amide bonds. The Labute approximate surface area is 345 Å². The van der Waals surface area contributed by atoms with Crippen LogP contribution in [0.1, 0.15) is 290 Å². The average Bonchev–Trinajstić information content (AvgIpc) is 3.18. The molecule has 55 heavy (non-hydrogen) atoms. The summed E-state index contributed by atoms with van der Waals surface area (Å²) < 4.78 is 0. The third-order valence-corrected chi connectivity index (χ3v) is 11.8. The molecule has 0 fully saturated rings. The van der Waals surface area contributed by atoms with Gasteiger partial charge in [-0.05, 0) is 51.4 Å². The summed E-state index contributed by atoms with van der Waals surface area (Å²) in [5.74, 6) is 0.588. The van der Waals surface area contributed by atoms with Crippen LogP contribution in [-0.2, 0) is 9.59 Å². The summed E-state index contributed by atoms with van der Waals surface area (Å²) in [6.07, 6.45) is 58.0. The number of aliphatic hydroxyl groups is 1. The lowest BCUT2D eigenvalue weighted by Crippen LogP contribution is -2.31. The standard InChI is InChI=1S/C51H99NO3/c1-3-5-7-9-11-13-15-17-19-21-24-28-32-36-40-44-49(53)45-41-37-33-29-25-22-23-27-31-35-39-43-47-51(55)52-48-50(54)46-42-38-34-30-26-20-18-16-14-12-10-8-6-4-2/h17,19,50,54H,3-16,18,20-48H2,1-2H3,(H,52,55)/b19-17-. The number of ketones is 1. The minimum Gasteiger partial charge on any atom is -0.391 e. The maximum absolute atomic E-state index is 12.2. The predicted molar refractivity (Wildman–Crippen MR) is 243 cm³/mol. The lowest BCUT2D eigenvalue weighted by Gasteiger charge is -2.12. The summed E-state index contributed by atoms with van der Waals surface area (Å²) in [6.45, 7) is 4.97. The number of allylic oxidation sites excluding steroid dienone is 2. The van der Waals surface area contributed by atoms with Crippen molar-refractivity contribution in [2.24, 2.45) is 0 Å². The van der Waals surface area contributed by atoms with Crippen LogP contribution < -0.4 is 5.32 Å². The summed E-state index contributed by atoms with van der Waals surface area (Å²) >= 11 is 0. The summed E-state index contributed by atoms with van der Waals surface area (Å²) in [5, 5.41) is 13.2. The molecule has 0 aromatic rings. The highest BCUT2D eigenvalue weighted by Crippen LogP contribution is 2.16. The average molecular weight is 774 g/mol. The van der Waals surface area contributed by atoms with Gasteiger partial charge in [0.25, 0.3) is 0 Å². The Morgan fingerprint density at radius 1 is 0.400 bits per heavy atom. The van der Waals surface area contributed by atoms with Crippen LogP contribution in [0.4, 0.5) is 0 Å². The van der Waals surface area contributed by atoms with Gasteiger partial charge < -0.3 is 10.4 Å². The van der Waals surface area contributed by atoms with Gasteiger partial charge in [-0.25, -0.2) is 0 Å². The highest BCUT2D eigenvalue weighted by atomic mass is 16.3. The van der Waals surface area contributed by atoms with Crippen molar-refractivity contribution in [3.05, 3.63) is 12.2 Å². The number of hydrogen-bond acceptors (Lipinski definition) is 3. The first kappa shape index (κ1) is 53.8. The first-order chi connectivity index (χ1) is 27.1. The molecule has 1 unspecified atom stereocenters. The normalized spacial score (nSPS) is 12.2. The highest BCUT2D eigenvalue weighted by molar-refractivity contribution is 5.78. The second-order valence-electron chi connectivity index (χ2n) is 17.5. The summed E-state index contributed by atoms with van der Waals surface area (Å²) in [4.78, 5) is 24.4. The molecular formula is C51H99NO3. The van der Waals surface area contributed by atoms with Gasteiger partial charge in [0.2, 0.25) is 5.91 Å². The minimum absolute atomic E-state index is 0.0998. The number of carbonyl (C=O) groups excluding carboxylic acids is 2. The van der Waals surface area contributed by atoms with Crippen LogP contribution in [0.2, 0.25) is 0 Å². The van der Waals surface area contributed by atoms with Crippen LogP contribution in [0.15, 0.2) is 12.2 Å². The van der Waals surface area contributed by atoms with E-state index in [0.29, 0.717) is 18.7 Å². The van der Waals surface area contributed by atoms with Crippen molar-refractivity contribution in [3.8, 4) is 0 Å². The molecule has 1 atom stereocenters. The Morgan fingerprint density at radius 2 is 0.691 bits per heavy atom. The molecule has 4 nitrogen and oxygen atoms in total. The largest absolute Gasteiger partial charge is 0.391 e. The molecule has 4 heteroatoms. The zero-order chi connectivity index (χ0) is 40.0. The second-order valence-corrected chi connectivity index (χ2v) is 17.5. The highest BCUT2D eigenvalue weighted by Gasteiger charge is 2.07. The molecule has 2 N–H and O–H groups in total. The maximum atomic E-state index is 12.2. The Morgan fingerprint density at radius 3 is 1.05 bits per heavy atom. The number of amides is 1. The van der Waals surface area contributed by atoms with Crippen molar-refractivity contribution in [3.63, 3.8) is 0 Å². The van der Waals surface area contributed by atoms with Gasteiger partial charge in [0, 0.05) is 25.8 Å². The Hall–Kier alpha value is -1.16. The fourth-order valence-corrected chi connectivity index (χ4v) is 7.89. The van der Waals surface area contributed by atoms with E-state index in [0.717, 1.165) is 51.4 Å². The van der Waals surface area contributed by atoms with Gasteiger partial charge in [-0.2, -0.15) is 0 Å². The molecule has 0 aliphatic heterocycles. The van der Waals surface area contributed by atoms with Crippen LogP contribution in [0.25, 0.3) is 0 Å². The first-order valence-electron chi connectivity index (χ1n) is 25.2. The van der Waals surface area contributed by atoms with Crippen LogP contribution in [-0.4, -0.2) is 29.4 Å². The van der Waals surface area contributed by atoms with E-state index in [-0.39, 0.29) is 5.91 Å². The number of hydrogen-bond donors (Lipinski definition) is 2. The van der Waals surface area contributed by atoms with Gasteiger partial charge in [0.1, 0.15) is 5.78 Å². The van der Waals surface area contributed by atoms with Crippen molar-refractivity contribution in [1.82, 2.24) is 5.32 Å². The van der Waals surface area contributed by atoms with E-state index in [1.165, 1.54) is 218 Å². The number of nitrogens with one attached hydrogen (secondary N) is 1. The monoisotopic (exact) mass is 774 g/mol. The lowest BCUT2D eigenvalue weighted by molar-refractivity contribution is -0.121. The van der Waals surface area contributed by atoms with Gasteiger partial charge >= 0.3 is 0 Å². The fraction of sp³-hybridized carbons (Fsp3) is 0.922. The number of unbranched alkanes of at least 4 members (excludes halogenated alkanes) is 35. The second kappa shape index (κ2) is 47.2. The predicted octanol–water partition coefficient (Wildman–Crippen LogP) is 16.4. The van der Waals surface area contributed by atoms with Crippen LogP contribution in [0.5, 0.6) is 0 Å².